The quantitative estimate of drug-likeness (QED) is 0.828. The van der Waals surface area contributed by atoms with Crippen LogP contribution in [0.2, 0.25) is 5.02 Å². The van der Waals surface area contributed by atoms with Gasteiger partial charge in [-0.2, -0.15) is 5.10 Å². The van der Waals surface area contributed by atoms with Gasteiger partial charge in [0.2, 0.25) is 0 Å². The third-order valence-electron chi connectivity index (χ3n) is 4.45. The van der Waals surface area contributed by atoms with E-state index in [4.69, 9.17) is 16.3 Å². The number of nitrogens with one attached hydrogen (secondary N) is 1. The molecule has 0 spiro atoms. The molecule has 2 amide bonds. The van der Waals surface area contributed by atoms with Crippen LogP contribution < -0.4 is 5.32 Å². The monoisotopic (exact) mass is 376 g/mol. The lowest BCUT2D eigenvalue weighted by Crippen LogP contribution is -2.45. The molecule has 1 aliphatic heterocycles. The van der Waals surface area contributed by atoms with Gasteiger partial charge in [-0.25, -0.2) is 9.48 Å². The molecular weight excluding hydrogens is 352 g/mol. The number of likely N-dealkylation sites (tertiary alicyclic amines) is 1. The number of carbonyl (C=O) groups is 1. The van der Waals surface area contributed by atoms with Gasteiger partial charge in [0.05, 0.1) is 18.8 Å². The Morgan fingerprint density at radius 3 is 3.04 bits per heavy atom. The highest BCUT2D eigenvalue weighted by Crippen LogP contribution is 2.19. The molecule has 1 aliphatic rings. The molecule has 3 rings (SSSR count). The summed E-state index contributed by atoms with van der Waals surface area (Å²) >= 11 is 6.23. The fourth-order valence-corrected chi connectivity index (χ4v) is 3.28. The zero-order valence-corrected chi connectivity index (χ0v) is 15.8. The van der Waals surface area contributed by atoms with E-state index >= 15 is 0 Å². The van der Waals surface area contributed by atoms with E-state index in [2.05, 4.69) is 17.3 Å². The standard InChI is InChI=1S/C19H25ClN4O2/c1-2-12-26-16-7-5-11-23(14-16)19(25)22-18-9-10-21-24(18)13-15-6-3-4-8-17(15)20/h3-4,6,8-10,16H,2,5,7,11-14H2,1H3,(H,22,25)/t16-/m1/s1. The summed E-state index contributed by atoms with van der Waals surface area (Å²) in [5.74, 6) is 0.659. The number of aromatic nitrogens is 2. The second-order valence-corrected chi connectivity index (χ2v) is 6.88. The average Bonchev–Trinajstić information content (AvgIpc) is 3.09. The molecule has 7 heteroatoms. The van der Waals surface area contributed by atoms with E-state index in [0.29, 0.717) is 23.9 Å². The maximum absolute atomic E-state index is 12.6. The van der Waals surface area contributed by atoms with Crippen LogP contribution in [0, 0.1) is 0 Å². The van der Waals surface area contributed by atoms with E-state index in [0.717, 1.165) is 38.0 Å². The van der Waals surface area contributed by atoms with E-state index in [1.54, 1.807) is 16.9 Å². The third-order valence-corrected chi connectivity index (χ3v) is 4.82. The van der Waals surface area contributed by atoms with Crippen LogP contribution in [0.15, 0.2) is 36.5 Å². The summed E-state index contributed by atoms with van der Waals surface area (Å²) in [7, 11) is 0. The van der Waals surface area contributed by atoms with Gasteiger partial charge in [0.1, 0.15) is 5.82 Å². The molecule has 1 N–H and O–H groups in total. The first-order valence-electron chi connectivity index (χ1n) is 9.10. The lowest BCUT2D eigenvalue weighted by atomic mass is 10.1. The Morgan fingerprint density at radius 2 is 2.23 bits per heavy atom. The van der Waals surface area contributed by atoms with E-state index in [1.165, 1.54) is 0 Å². The number of piperidine rings is 1. The fraction of sp³-hybridized carbons (Fsp3) is 0.474. The molecule has 26 heavy (non-hydrogen) atoms. The average molecular weight is 377 g/mol. The zero-order valence-electron chi connectivity index (χ0n) is 15.0. The number of hydrogen-bond donors (Lipinski definition) is 1. The molecule has 0 aliphatic carbocycles. The number of carbonyl (C=O) groups excluding carboxylic acids is 1. The number of anilines is 1. The highest BCUT2D eigenvalue weighted by molar-refractivity contribution is 6.31. The van der Waals surface area contributed by atoms with Crippen molar-refractivity contribution in [2.24, 2.45) is 0 Å². The van der Waals surface area contributed by atoms with Crippen molar-refractivity contribution in [2.45, 2.75) is 38.8 Å². The fourth-order valence-electron chi connectivity index (χ4n) is 3.08. The molecule has 0 bridgehead atoms. The predicted octanol–water partition coefficient (Wildman–Crippen LogP) is 4.01. The van der Waals surface area contributed by atoms with Crippen LogP contribution in [0.3, 0.4) is 0 Å². The Hall–Kier alpha value is -2.05. The predicted molar refractivity (Wildman–Crippen MR) is 103 cm³/mol. The summed E-state index contributed by atoms with van der Waals surface area (Å²) in [6.07, 6.45) is 4.76. The summed E-state index contributed by atoms with van der Waals surface area (Å²) in [6, 6.07) is 9.32. The normalized spacial score (nSPS) is 17.3. The second-order valence-electron chi connectivity index (χ2n) is 6.48. The summed E-state index contributed by atoms with van der Waals surface area (Å²) in [5, 5.41) is 7.96. The van der Waals surface area contributed by atoms with Crippen LogP contribution in [0.5, 0.6) is 0 Å². The molecule has 0 unspecified atom stereocenters. The third kappa shape index (κ3) is 4.77. The number of hydrogen-bond acceptors (Lipinski definition) is 3. The minimum Gasteiger partial charge on any atom is -0.376 e. The van der Waals surface area contributed by atoms with Crippen LogP contribution >= 0.6 is 11.6 Å². The van der Waals surface area contributed by atoms with Crippen molar-refractivity contribution in [1.29, 1.82) is 0 Å². The van der Waals surface area contributed by atoms with Gasteiger partial charge in [-0.3, -0.25) is 5.32 Å². The van der Waals surface area contributed by atoms with E-state index in [-0.39, 0.29) is 12.1 Å². The van der Waals surface area contributed by atoms with Crippen LogP contribution in [-0.4, -0.2) is 46.5 Å². The van der Waals surface area contributed by atoms with Crippen LogP contribution in [0.25, 0.3) is 0 Å². The molecule has 0 saturated carbocycles. The highest BCUT2D eigenvalue weighted by Gasteiger charge is 2.24. The maximum atomic E-state index is 12.6. The van der Waals surface area contributed by atoms with Crippen molar-refractivity contribution in [3.63, 3.8) is 0 Å². The van der Waals surface area contributed by atoms with Crippen LogP contribution in [0.4, 0.5) is 10.6 Å². The zero-order chi connectivity index (χ0) is 18.4. The Balaban J connectivity index is 1.61. The van der Waals surface area contributed by atoms with Gasteiger partial charge in [-0.1, -0.05) is 36.7 Å². The Bertz CT molecular complexity index is 734. The summed E-state index contributed by atoms with van der Waals surface area (Å²) in [5.41, 5.74) is 0.958. The molecular formula is C19H25ClN4O2. The summed E-state index contributed by atoms with van der Waals surface area (Å²) < 4.78 is 7.55. The van der Waals surface area contributed by atoms with Crippen molar-refractivity contribution in [1.82, 2.24) is 14.7 Å². The molecule has 1 aromatic carbocycles. The van der Waals surface area contributed by atoms with Gasteiger partial charge in [0, 0.05) is 30.8 Å². The number of amides is 2. The number of rotatable bonds is 6. The Labute approximate surface area is 159 Å². The number of nitrogens with zero attached hydrogens (tertiary/aromatic N) is 3. The number of benzene rings is 1. The first-order valence-corrected chi connectivity index (χ1v) is 9.48. The van der Waals surface area contributed by atoms with Gasteiger partial charge in [0.25, 0.3) is 0 Å². The molecule has 1 aromatic heterocycles. The van der Waals surface area contributed by atoms with Crippen molar-refractivity contribution < 1.29 is 9.53 Å². The molecule has 0 radical (unpaired) electrons. The molecule has 1 saturated heterocycles. The molecule has 6 nitrogen and oxygen atoms in total. The minimum absolute atomic E-state index is 0.115. The SMILES string of the molecule is CCCO[C@@H]1CCCN(C(=O)Nc2ccnn2Cc2ccccc2Cl)C1. The molecule has 140 valence electrons. The lowest BCUT2D eigenvalue weighted by molar-refractivity contribution is 0.0115. The van der Waals surface area contributed by atoms with Crippen LogP contribution in [-0.2, 0) is 11.3 Å². The van der Waals surface area contributed by atoms with Gasteiger partial charge < -0.3 is 9.64 Å². The number of urea groups is 1. The van der Waals surface area contributed by atoms with Gasteiger partial charge >= 0.3 is 6.03 Å². The van der Waals surface area contributed by atoms with Crippen LogP contribution in [0.1, 0.15) is 31.7 Å². The molecule has 1 atom stereocenters. The topological polar surface area (TPSA) is 59.4 Å². The summed E-state index contributed by atoms with van der Waals surface area (Å²) in [4.78, 5) is 14.5. The largest absolute Gasteiger partial charge is 0.376 e. The first-order chi connectivity index (χ1) is 12.7. The molecule has 1 fully saturated rings. The lowest BCUT2D eigenvalue weighted by Gasteiger charge is -2.32. The van der Waals surface area contributed by atoms with Gasteiger partial charge in [-0.15, -0.1) is 0 Å². The van der Waals surface area contributed by atoms with E-state index < -0.39 is 0 Å². The Kier molecular flexibility index (Phi) is 6.52. The van der Waals surface area contributed by atoms with Gasteiger partial charge in [0.15, 0.2) is 0 Å². The van der Waals surface area contributed by atoms with Crippen molar-refractivity contribution in [3.05, 3.63) is 47.1 Å². The van der Waals surface area contributed by atoms with Gasteiger partial charge in [-0.05, 0) is 30.9 Å². The second kappa shape index (κ2) is 9.05. The van der Waals surface area contributed by atoms with Crippen molar-refractivity contribution in [2.75, 3.05) is 25.0 Å². The highest BCUT2D eigenvalue weighted by atomic mass is 35.5. The van der Waals surface area contributed by atoms with Crippen molar-refractivity contribution >= 4 is 23.4 Å². The van der Waals surface area contributed by atoms with E-state index in [1.807, 2.05) is 29.2 Å². The summed E-state index contributed by atoms with van der Waals surface area (Å²) in [6.45, 7) is 4.71. The number of ether oxygens (including phenoxy) is 1. The molecule has 2 heterocycles. The maximum Gasteiger partial charge on any atom is 0.323 e. The molecule has 2 aromatic rings. The van der Waals surface area contributed by atoms with Crippen molar-refractivity contribution in [3.8, 4) is 0 Å². The number of halogens is 1. The minimum atomic E-state index is -0.115. The Morgan fingerprint density at radius 1 is 1.38 bits per heavy atom. The first kappa shape index (κ1) is 18.7. The van der Waals surface area contributed by atoms with E-state index in [9.17, 15) is 4.79 Å². The smallest absolute Gasteiger partial charge is 0.323 e.